The Morgan fingerprint density at radius 3 is 2.40 bits per heavy atom. The summed E-state index contributed by atoms with van der Waals surface area (Å²) in [6.45, 7) is 3.71. The van der Waals surface area contributed by atoms with Crippen LogP contribution in [-0.4, -0.2) is 16.3 Å². The second-order valence-electron chi connectivity index (χ2n) is 2.07. The molecule has 0 aromatic rings. The Balaban J connectivity index is 4.04. The highest BCUT2D eigenvalue weighted by Gasteiger charge is 2.14. The molecular formula is C7H12N2O. The van der Waals surface area contributed by atoms with E-state index < -0.39 is 0 Å². The molecule has 3 heteroatoms. The number of rotatable bonds is 4. The molecule has 3 nitrogen and oxygen atoms in total. The first-order valence-electron chi connectivity index (χ1n) is 3.50. The molecule has 0 saturated carbocycles. The first kappa shape index (κ1) is 9.05. The van der Waals surface area contributed by atoms with Crippen molar-refractivity contribution >= 4 is 11.5 Å². The maximum absolute atomic E-state index is 10.9. The summed E-state index contributed by atoms with van der Waals surface area (Å²) in [6, 6.07) is 0. The van der Waals surface area contributed by atoms with E-state index in [0.29, 0.717) is 12.8 Å². The van der Waals surface area contributed by atoms with Gasteiger partial charge in [0.1, 0.15) is 0 Å². The number of hydrogen-bond donors (Lipinski definition) is 0. The van der Waals surface area contributed by atoms with E-state index in [1.807, 2.05) is 6.92 Å². The predicted octanol–water partition coefficient (Wildman–Crippen LogP) is 1.44. The fraction of sp³-hybridized carbons (Fsp3) is 0.714. The summed E-state index contributed by atoms with van der Waals surface area (Å²) in [5.41, 5.74) is 8.57. The van der Waals surface area contributed by atoms with Gasteiger partial charge in [-0.25, -0.2) is 0 Å². The molecule has 0 aliphatic carbocycles. The van der Waals surface area contributed by atoms with Crippen LogP contribution in [0.25, 0.3) is 5.53 Å². The Hall–Kier alpha value is -0.950. The minimum Gasteiger partial charge on any atom is -0.361 e. The first-order chi connectivity index (χ1) is 4.76. The molecule has 0 amide bonds. The van der Waals surface area contributed by atoms with Crippen molar-refractivity contribution in [2.45, 2.75) is 33.1 Å². The van der Waals surface area contributed by atoms with Gasteiger partial charge in [0.15, 0.2) is 0 Å². The third-order valence-electron chi connectivity index (χ3n) is 1.25. The Bertz CT molecular complexity index is 168. The van der Waals surface area contributed by atoms with Crippen LogP contribution < -0.4 is 0 Å². The Morgan fingerprint density at radius 2 is 2.10 bits per heavy atom. The number of ketones is 1. The highest BCUT2D eigenvalue weighted by atomic mass is 16.1. The summed E-state index contributed by atoms with van der Waals surface area (Å²) in [6.07, 6.45) is 1.79. The summed E-state index contributed by atoms with van der Waals surface area (Å²) in [7, 11) is 0. The molecule has 0 heterocycles. The van der Waals surface area contributed by atoms with Crippen molar-refractivity contribution in [3.63, 3.8) is 0 Å². The molecule has 0 atom stereocenters. The molecule has 0 N–H and O–H groups in total. The lowest BCUT2D eigenvalue weighted by Gasteiger charge is -1.87. The third-order valence-corrected chi connectivity index (χ3v) is 1.25. The number of hydrogen-bond acceptors (Lipinski definition) is 1. The number of Topliss-reactive ketones (excluding diaryl/α,β-unsaturated/α-hetero) is 1. The van der Waals surface area contributed by atoms with E-state index in [-0.39, 0.29) is 11.5 Å². The molecule has 0 aromatic heterocycles. The van der Waals surface area contributed by atoms with Gasteiger partial charge in [-0.1, -0.05) is 13.8 Å². The molecule has 0 bridgehead atoms. The van der Waals surface area contributed by atoms with Gasteiger partial charge in [-0.2, -0.15) is 4.79 Å². The van der Waals surface area contributed by atoms with E-state index in [4.69, 9.17) is 5.53 Å². The van der Waals surface area contributed by atoms with Crippen molar-refractivity contribution in [3.05, 3.63) is 5.53 Å². The van der Waals surface area contributed by atoms with E-state index >= 15 is 0 Å². The van der Waals surface area contributed by atoms with E-state index in [2.05, 4.69) is 4.79 Å². The van der Waals surface area contributed by atoms with E-state index in [1.54, 1.807) is 6.92 Å². The molecule has 0 aromatic carbocycles. The average Bonchev–Trinajstić information content (AvgIpc) is 1.91. The lowest BCUT2D eigenvalue weighted by atomic mass is 10.1. The van der Waals surface area contributed by atoms with Crippen LogP contribution in [-0.2, 0) is 4.79 Å². The molecular weight excluding hydrogens is 128 g/mol. The summed E-state index contributed by atoms with van der Waals surface area (Å²) in [5, 5.41) is 0. The molecule has 0 spiro atoms. The second kappa shape index (κ2) is 4.89. The number of nitrogens with zero attached hydrogens (tertiary/aromatic N) is 2. The van der Waals surface area contributed by atoms with Gasteiger partial charge in [0.05, 0.1) is 6.42 Å². The smallest absolute Gasteiger partial charge is 0.334 e. The quantitative estimate of drug-likeness (QED) is 0.331. The first-order valence-corrected chi connectivity index (χ1v) is 3.50. The normalized spacial score (nSPS) is 8.60. The predicted molar refractivity (Wildman–Crippen MR) is 38.8 cm³/mol. The van der Waals surface area contributed by atoms with E-state index in [0.717, 1.165) is 6.42 Å². The van der Waals surface area contributed by atoms with Gasteiger partial charge >= 0.3 is 5.71 Å². The van der Waals surface area contributed by atoms with Crippen molar-refractivity contribution in [1.29, 1.82) is 0 Å². The largest absolute Gasteiger partial charge is 0.361 e. The molecule has 0 unspecified atom stereocenters. The molecule has 0 saturated heterocycles. The van der Waals surface area contributed by atoms with Crippen molar-refractivity contribution in [2.24, 2.45) is 0 Å². The van der Waals surface area contributed by atoms with Crippen molar-refractivity contribution in [1.82, 2.24) is 0 Å². The Kier molecular flexibility index (Phi) is 4.42. The van der Waals surface area contributed by atoms with Gasteiger partial charge in [0, 0.05) is 6.42 Å². The average molecular weight is 140 g/mol. The van der Waals surface area contributed by atoms with Gasteiger partial charge in [-0.3, -0.25) is 4.79 Å². The van der Waals surface area contributed by atoms with Crippen LogP contribution in [0.15, 0.2) is 0 Å². The molecule has 0 aliphatic heterocycles. The van der Waals surface area contributed by atoms with Crippen molar-refractivity contribution in [2.75, 3.05) is 0 Å². The van der Waals surface area contributed by atoms with Gasteiger partial charge in [-0.15, -0.1) is 0 Å². The highest BCUT2D eigenvalue weighted by molar-refractivity contribution is 6.37. The van der Waals surface area contributed by atoms with Gasteiger partial charge in [-0.05, 0) is 6.42 Å². The van der Waals surface area contributed by atoms with Gasteiger partial charge < -0.3 is 5.53 Å². The zero-order valence-electron chi connectivity index (χ0n) is 6.42. The minimum atomic E-state index is -0.0486. The SMILES string of the molecule is CCCC(=O)C(CC)=[N+]=[N-]. The van der Waals surface area contributed by atoms with Crippen LogP contribution >= 0.6 is 0 Å². The third kappa shape index (κ3) is 2.55. The molecule has 56 valence electrons. The lowest BCUT2D eigenvalue weighted by molar-refractivity contribution is -0.117. The van der Waals surface area contributed by atoms with Gasteiger partial charge in [0.2, 0.25) is 5.78 Å². The molecule has 0 aliphatic rings. The minimum absolute atomic E-state index is 0.0486. The zero-order chi connectivity index (χ0) is 7.98. The van der Waals surface area contributed by atoms with E-state index in [9.17, 15) is 4.79 Å². The Labute approximate surface area is 60.7 Å². The number of carbonyl (C=O) groups excluding carboxylic acids is 1. The van der Waals surface area contributed by atoms with Crippen molar-refractivity contribution in [3.8, 4) is 0 Å². The van der Waals surface area contributed by atoms with Crippen LogP contribution in [0.4, 0.5) is 0 Å². The topological polar surface area (TPSA) is 53.5 Å². The molecule has 0 rings (SSSR count). The summed E-state index contributed by atoms with van der Waals surface area (Å²) >= 11 is 0. The van der Waals surface area contributed by atoms with Crippen LogP contribution in [0, 0.1) is 0 Å². The monoisotopic (exact) mass is 140 g/mol. The van der Waals surface area contributed by atoms with E-state index in [1.165, 1.54) is 0 Å². The second-order valence-corrected chi connectivity index (χ2v) is 2.07. The maximum atomic E-state index is 10.9. The summed E-state index contributed by atoms with van der Waals surface area (Å²) < 4.78 is 0. The van der Waals surface area contributed by atoms with Crippen molar-refractivity contribution < 1.29 is 9.58 Å². The molecule has 0 fully saturated rings. The Morgan fingerprint density at radius 1 is 1.50 bits per heavy atom. The summed E-state index contributed by atoms with van der Waals surface area (Å²) in [5.74, 6) is -0.0486. The fourth-order valence-electron chi connectivity index (χ4n) is 0.695. The summed E-state index contributed by atoms with van der Waals surface area (Å²) in [4.78, 5) is 13.8. The molecule has 0 radical (unpaired) electrons. The van der Waals surface area contributed by atoms with Gasteiger partial charge in [0.25, 0.3) is 0 Å². The molecule has 10 heavy (non-hydrogen) atoms. The lowest BCUT2D eigenvalue weighted by Crippen LogP contribution is -2.13. The number of carbonyl (C=O) groups is 1. The highest BCUT2D eigenvalue weighted by Crippen LogP contribution is 1.92. The fourth-order valence-corrected chi connectivity index (χ4v) is 0.695. The van der Waals surface area contributed by atoms with Crippen LogP contribution in [0.1, 0.15) is 33.1 Å². The van der Waals surface area contributed by atoms with Crippen LogP contribution in [0.5, 0.6) is 0 Å². The maximum Gasteiger partial charge on any atom is 0.334 e. The van der Waals surface area contributed by atoms with Crippen LogP contribution in [0.3, 0.4) is 0 Å². The van der Waals surface area contributed by atoms with Crippen LogP contribution in [0.2, 0.25) is 0 Å². The standard InChI is InChI=1S/C7H12N2O/c1-3-5-7(10)6(4-2)9-8/h3-5H2,1-2H3. The zero-order valence-corrected chi connectivity index (χ0v) is 6.42.